The van der Waals surface area contributed by atoms with Gasteiger partial charge in [0.1, 0.15) is 18.5 Å². The average molecular weight is 447 g/mol. The quantitative estimate of drug-likeness (QED) is 0.752. The first-order valence-electron chi connectivity index (χ1n) is 10.8. The molecule has 3 heterocycles. The Morgan fingerprint density at radius 1 is 1.03 bits per heavy atom. The molecule has 5 rings (SSSR count). The summed E-state index contributed by atoms with van der Waals surface area (Å²) >= 11 is 0. The Labute approximate surface area is 188 Å². The SMILES string of the molecule is Cl.O=C(c1cccc(F)c1)N1[C@@H]2CC[C@H]1CC(CNCC1COc3ccccc3O1)C2. The summed E-state index contributed by atoms with van der Waals surface area (Å²) < 4.78 is 25.3. The van der Waals surface area contributed by atoms with Gasteiger partial charge in [-0.3, -0.25) is 4.79 Å². The maximum atomic E-state index is 13.5. The molecule has 2 unspecified atom stereocenters. The van der Waals surface area contributed by atoms with Crippen molar-refractivity contribution in [2.24, 2.45) is 5.92 Å². The van der Waals surface area contributed by atoms with E-state index < -0.39 is 0 Å². The van der Waals surface area contributed by atoms with Crippen molar-refractivity contribution in [1.29, 1.82) is 0 Å². The normalized spacial score (nSPS) is 26.3. The van der Waals surface area contributed by atoms with Gasteiger partial charge in [-0.2, -0.15) is 0 Å². The fourth-order valence-corrected chi connectivity index (χ4v) is 5.17. The van der Waals surface area contributed by atoms with Gasteiger partial charge in [-0.1, -0.05) is 18.2 Å². The number of piperidine rings is 1. The van der Waals surface area contributed by atoms with Crippen LogP contribution in [0, 0.1) is 11.7 Å². The topological polar surface area (TPSA) is 50.8 Å². The summed E-state index contributed by atoms with van der Waals surface area (Å²) in [5, 5.41) is 3.55. The summed E-state index contributed by atoms with van der Waals surface area (Å²) in [5.41, 5.74) is 0.457. The third-order valence-corrected chi connectivity index (χ3v) is 6.51. The van der Waals surface area contributed by atoms with Gasteiger partial charge in [-0.05, 0) is 68.5 Å². The lowest BCUT2D eigenvalue weighted by molar-refractivity contribution is 0.0514. The number of para-hydroxylation sites is 2. The fraction of sp³-hybridized carbons (Fsp3) is 0.458. The molecule has 166 valence electrons. The van der Waals surface area contributed by atoms with Crippen LogP contribution < -0.4 is 14.8 Å². The minimum Gasteiger partial charge on any atom is -0.486 e. The third kappa shape index (κ3) is 4.65. The summed E-state index contributed by atoms with van der Waals surface area (Å²) in [7, 11) is 0. The molecule has 3 aliphatic rings. The molecule has 1 N–H and O–H groups in total. The molecule has 4 atom stereocenters. The number of nitrogens with one attached hydrogen (secondary N) is 1. The summed E-state index contributed by atoms with van der Waals surface area (Å²) in [6.45, 7) is 2.21. The Kier molecular flexibility index (Phi) is 6.68. The largest absolute Gasteiger partial charge is 0.486 e. The summed E-state index contributed by atoms with van der Waals surface area (Å²) in [6, 6.07) is 14.3. The number of carbonyl (C=O) groups excluding carboxylic acids is 1. The highest BCUT2D eigenvalue weighted by molar-refractivity contribution is 5.95. The van der Waals surface area contributed by atoms with E-state index in [4.69, 9.17) is 9.47 Å². The molecule has 2 aromatic carbocycles. The average Bonchev–Trinajstić information content (AvgIpc) is 3.03. The van der Waals surface area contributed by atoms with Crippen LogP contribution >= 0.6 is 12.4 Å². The molecule has 2 saturated heterocycles. The Balaban J connectivity index is 0.00000231. The van der Waals surface area contributed by atoms with Crippen LogP contribution in [0.1, 0.15) is 36.0 Å². The molecule has 0 radical (unpaired) electrons. The molecule has 2 aromatic rings. The first kappa shape index (κ1) is 21.9. The highest BCUT2D eigenvalue weighted by atomic mass is 35.5. The van der Waals surface area contributed by atoms with Crippen molar-refractivity contribution in [2.75, 3.05) is 19.7 Å². The lowest BCUT2D eigenvalue weighted by Gasteiger charge is -2.39. The van der Waals surface area contributed by atoms with Crippen molar-refractivity contribution in [1.82, 2.24) is 10.2 Å². The van der Waals surface area contributed by atoms with Gasteiger partial charge >= 0.3 is 0 Å². The second-order valence-electron chi connectivity index (χ2n) is 8.60. The van der Waals surface area contributed by atoms with Gasteiger partial charge in [0.05, 0.1) is 0 Å². The van der Waals surface area contributed by atoms with Crippen LogP contribution in [0.15, 0.2) is 48.5 Å². The lowest BCUT2D eigenvalue weighted by atomic mass is 9.90. The van der Waals surface area contributed by atoms with Crippen molar-refractivity contribution in [3.63, 3.8) is 0 Å². The number of amides is 1. The van der Waals surface area contributed by atoms with Crippen molar-refractivity contribution in [3.05, 3.63) is 59.9 Å². The predicted molar refractivity (Wildman–Crippen MR) is 119 cm³/mol. The van der Waals surface area contributed by atoms with E-state index in [1.54, 1.807) is 12.1 Å². The van der Waals surface area contributed by atoms with Gasteiger partial charge in [-0.25, -0.2) is 4.39 Å². The zero-order chi connectivity index (χ0) is 20.5. The molecule has 31 heavy (non-hydrogen) atoms. The molecule has 2 bridgehead atoms. The Morgan fingerprint density at radius 2 is 1.77 bits per heavy atom. The van der Waals surface area contributed by atoms with Gasteiger partial charge in [0.15, 0.2) is 11.5 Å². The van der Waals surface area contributed by atoms with E-state index in [0.717, 1.165) is 50.3 Å². The zero-order valence-electron chi connectivity index (χ0n) is 17.3. The number of ether oxygens (including phenoxy) is 2. The van der Waals surface area contributed by atoms with E-state index >= 15 is 0 Å². The molecule has 5 nitrogen and oxygen atoms in total. The number of hydrogen-bond donors (Lipinski definition) is 1. The minimum atomic E-state index is -0.358. The molecule has 1 amide bonds. The molecular weight excluding hydrogens is 419 g/mol. The number of nitrogens with zero attached hydrogens (tertiary/aromatic N) is 1. The van der Waals surface area contributed by atoms with Gasteiger partial charge in [0.2, 0.25) is 0 Å². The Bertz CT molecular complexity index is 913. The molecule has 3 aliphatic heterocycles. The van der Waals surface area contributed by atoms with E-state index in [1.807, 2.05) is 29.2 Å². The van der Waals surface area contributed by atoms with Crippen LogP contribution in [0.2, 0.25) is 0 Å². The molecule has 7 heteroatoms. The first-order valence-corrected chi connectivity index (χ1v) is 10.8. The Hall–Kier alpha value is -2.31. The van der Waals surface area contributed by atoms with Gasteiger partial charge < -0.3 is 19.7 Å². The third-order valence-electron chi connectivity index (χ3n) is 6.51. The monoisotopic (exact) mass is 446 g/mol. The van der Waals surface area contributed by atoms with Crippen LogP contribution in [0.3, 0.4) is 0 Å². The van der Waals surface area contributed by atoms with Crippen LogP contribution in [0.4, 0.5) is 4.39 Å². The summed E-state index contributed by atoms with van der Waals surface area (Å²) in [6.07, 6.45) is 4.08. The van der Waals surface area contributed by atoms with Crippen LogP contribution in [-0.4, -0.2) is 48.7 Å². The van der Waals surface area contributed by atoms with E-state index in [9.17, 15) is 9.18 Å². The lowest BCUT2D eigenvalue weighted by Crippen LogP contribution is -2.48. The predicted octanol–water partition coefficient (Wildman–Crippen LogP) is 4.06. The smallest absolute Gasteiger partial charge is 0.254 e. The van der Waals surface area contributed by atoms with E-state index in [2.05, 4.69) is 5.32 Å². The fourth-order valence-electron chi connectivity index (χ4n) is 5.17. The van der Waals surface area contributed by atoms with Crippen molar-refractivity contribution in [3.8, 4) is 11.5 Å². The van der Waals surface area contributed by atoms with Crippen molar-refractivity contribution >= 4 is 18.3 Å². The van der Waals surface area contributed by atoms with Gasteiger partial charge in [0.25, 0.3) is 5.91 Å². The number of hydrogen-bond acceptors (Lipinski definition) is 4. The molecule has 0 spiro atoms. The molecule has 2 fully saturated rings. The van der Waals surface area contributed by atoms with E-state index in [0.29, 0.717) is 18.1 Å². The molecule has 0 aromatic heterocycles. The standard InChI is InChI=1S/C24H27FN2O3.ClH/c25-18-5-3-4-17(12-18)24(28)27-19-8-9-20(27)11-16(10-19)13-26-14-21-15-29-22-6-1-2-7-23(22)30-21;/h1-7,12,16,19-21,26H,8-11,13-15H2;1H/t16?,19-,20+,21?;. The Morgan fingerprint density at radius 3 is 2.52 bits per heavy atom. The number of rotatable bonds is 5. The van der Waals surface area contributed by atoms with Crippen molar-refractivity contribution in [2.45, 2.75) is 43.9 Å². The maximum absolute atomic E-state index is 13.5. The summed E-state index contributed by atoms with van der Waals surface area (Å²) in [4.78, 5) is 15.0. The van der Waals surface area contributed by atoms with Crippen LogP contribution in [0.5, 0.6) is 11.5 Å². The molecule has 0 aliphatic carbocycles. The summed E-state index contributed by atoms with van der Waals surface area (Å²) in [5.74, 6) is 1.76. The van der Waals surface area contributed by atoms with Crippen molar-refractivity contribution < 1.29 is 18.7 Å². The second-order valence-corrected chi connectivity index (χ2v) is 8.60. The number of fused-ring (bicyclic) bond motifs is 3. The number of carbonyl (C=O) groups is 1. The highest BCUT2D eigenvalue weighted by Gasteiger charge is 2.43. The second kappa shape index (κ2) is 9.45. The highest BCUT2D eigenvalue weighted by Crippen LogP contribution is 2.39. The van der Waals surface area contributed by atoms with E-state index in [1.165, 1.54) is 12.1 Å². The minimum absolute atomic E-state index is 0. The first-order chi connectivity index (χ1) is 14.7. The number of halogens is 2. The number of benzene rings is 2. The molecule has 0 saturated carbocycles. The van der Waals surface area contributed by atoms with E-state index in [-0.39, 0.29) is 42.3 Å². The zero-order valence-corrected chi connectivity index (χ0v) is 18.2. The van der Waals surface area contributed by atoms with Gasteiger partial charge in [0, 0.05) is 24.2 Å². The molecular formula is C24H28ClFN2O3. The maximum Gasteiger partial charge on any atom is 0.254 e. The van der Waals surface area contributed by atoms with Gasteiger partial charge in [-0.15, -0.1) is 12.4 Å². The van der Waals surface area contributed by atoms with Crippen LogP contribution in [0.25, 0.3) is 0 Å². The van der Waals surface area contributed by atoms with Crippen LogP contribution in [-0.2, 0) is 0 Å².